The first-order valence-electron chi connectivity index (χ1n) is 6.11. The smallest absolute Gasteiger partial charge is 0.226 e. The highest BCUT2D eigenvalue weighted by Crippen LogP contribution is 2.26. The largest absolute Gasteiger partial charge is 0.325 e. The van der Waals surface area contributed by atoms with Gasteiger partial charge in [0.15, 0.2) is 0 Å². The van der Waals surface area contributed by atoms with Gasteiger partial charge in [-0.15, -0.1) is 0 Å². The van der Waals surface area contributed by atoms with Crippen molar-refractivity contribution in [1.82, 2.24) is 0 Å². The van der Waals surface area contributed by atoms with Gasteiger partial charge in [-0.3, -0.25) is 4.79 Å². The molecule has 0 aromatic heterocycles. The van der Waals surface area contributed by atoms with Crippen molar-refractivity contribution in [2.24, 2.45) is 5.73 Å². The fraction of sp³-hybridized carbons (Fsp3) is 0.133. The monoisotopic (exact) mass is 396 g/mol. The molecule has 0 saturated heterocycles. The third-order valence-electron chi connectivity index (χ3n) is 2.84. The molecule has 1 unspecified atom stereocenters. The van der Waals surface area contributed by atoms with E-state index in [1.165, 1.54) is 0 Å². The van der Waals surface area contributed by atoms with Crippen LogP contribution in [0.15, 0.2) is 57.5 Å². The molecule has 0 spiro atoms. The number of hydrogen-bond donors (Lipinski definition) is 2. The van der Waals surface area contributed by atoms with Gasteiger partial charge in [0.1, 0.15) is 0 Å². The Bertz CT molecular complexity index is 602. The van der Waals surface area contributed by atoms with E-state index in [0.29, 0.717) is 0 Å². The number of hydrogen-bond acceptors (Lipinski definition) is 2. The second kappa shape index (κ2) is 7.02. The van der Waals surface area contributed by atoms with Crippen molar-refractivity contribution in [2.75, 3.05) is 5.32 Å². The lowest BCUT2D eigenvalue weighted by Crippen LogP contribution is -2.20. The van der Waals surface area contributed by atoms with Crippen LogP contribution in [-0.2, 0) is 4.79 Å². The van der Waals surface area contributed by atoms with E-state index >= 15 is 0 Å². The summed E-state index contributed by atoms with van der Waals surface area (Å²) in [5.74, 6) is -0.107. The molecule has 0 aliphatic heterocycles. The zero-order valence-electron chi connectivity index (χ0n) is 10.6. The van der Waals surface area contributed by atoms with Crippen molar-refractivity contribution in [1.29, 1.82) is 0 Å². The van der Waals surface area contributed by atoms with Crippen LogP contribution >= 0.6 is 31.9 Å². The number of benzene rings is 2. The molecule has 3 nitrogen and oxygen atoms in total. The summed E-state index contributed by atoms with van der Waals surface area (Å²) in [7, 11) is 0. The van der Waals surface area contributed by atoms with Crippen LogP contribution < -0.4 is 11.1 Å². The SMILES string of the molecule is NC(CC(=O)Nc1ccc(Br)cc1Br)c1ccccc1. The number of anilines is 1. The molecule has 0 fully saturated rings. The van der Waals surface area contributed by atoms with Gasteiger partial charge in [-0.05, 0) is 39.7 Å². The lowest BCUT2D eigenvalue weighted by Gasteiger charge is -2.13. The summed E-state index contributed by atoms with van der Waals surface area (Å²) >= 11 is 6.78. The maximum Gasteiger partial charge on any atom is 0.226 e. The van der Waals surface area contributed by atoms with Crippen LogP contribution in [-0.4, -0.2) is 5.91 Å². The van der Waals surface area contributed by atoms with Gasteiger partial charge < -0.3 is 11.1 Å². The Labute approximate surface area is 134 Å². The first kappa shape index (κ1) is 15.2. The number of carbonyl (C=O) groups is 1. The maximum atomic E-state index is 12.0. The minimum absolute atomic E-state index is 0.107. The first-order chi connectivity index (χ1) is 9.56. The van der Waals surface area contributed by atoms with E-state index in [0.717, 1.165) is 20.2 Å². The highest BCUT2D eigenvalue weighted by molar-refractivity contribution is 9.11. The van der Waals surface area contributed by atoms with Gasteiger partial charge in [-0.1, -0.05) is 46.3 Å². The molecular weight excluding hydrogens is 384 g/mol. The van der Waals surface area contributed by atoms with Crippen molar-refractivity contribution < 1.29 is 4.79 Å². The fourth-order valence-electron chi connectivity index (χ4n) is 1.81. The van der Waals surface area contributed by atoms with Gasteiger partial charge in [0.2, 0.25) is 5.91 Å². The second-order valence-electron chi connectivity index (χ2n) is 4.39. The van der Waals surface area contributed by atoms with Gasteiger partial charge in [0, 0.05) is 21.4 Å². The minimum Gasteiger partial charge on any atom is -0.325 e. The zero-order chi connectivity index (χ0) is 14.5. The summed E-state index contributed by atoms with van der Waals surface area (Å²) in [5, 5.41) is 2.85. The molecule has 2 aromatic carbocycles. The van der Waals surface area contributed by atoms with Gasteiger partial charge in [-0.25, -0.2) is 0 Å². The highest BCUT2D eigenvalue weighted by Gasteiger charge is 2.12. The van der Waals surface area contributed by atoms with Crippen molar-refractivity contribution in [3.8, 4) is 0 Å². The molecule has 3 N–H and O–H groups in total. The van der Waals surface area contributed by atoms with Crippen LogP contribution in [0.1, 0.15) is 18.0 Å². The molecule has 2 aromatic rings. The molecular formula is C15H14Br2N2O. The zero-order valence-corrected chi connectivity index (χ0v) is 13.8. The van der Waals surface area contributed by atoms with Gasteiger partial charge in [-0.2, -0.15) is 0 Å². The molecule has 0 aliphatic rings. The Balaban J connectivity index is 1.99. The second-order valence-corrected chi connectivity index (χ2v) is 6.16. The van der Waals surface area contributed by atoms with Crippen LogP contribution in [0.25, 0.3) is 0 Å². The number of amides is 1. The predicted molar refractivity (Wildman–Crippen MR) is 88.5 cm³/mol. The van der Waals surface area contributed by atoms with E-state index < -0.39 is 0 Å². The quantitative estimate of drug-likeness (QED) is 0.810. The molecule has 20 heavy (non-hydrogen) atoms. The molecule has 0 aliphatic carbocycles. The molecule has 5 heteroatoms. The molecule has 0 radical (unpaired) electrons. The molecule has 2 rings (SSSR count). The predicted octanol–water partition coefficient (Wildman–Crippen LogP) is 4.24. The summed E-state index contributed by atoms with van der Waals surface area (Å²) in [6, 6.07) is 14.9. The van der Waals surface area contributed by atoms with E-state index in [1.807, 2.05) is 48.5 Å². The highest BCUT2D eigenvalue weighted by atomic mass is 79.9. The normalized spacial score (nSPS) is 11.9. The van der Waals surface area contributed by atoms with E-state index in [2.05, 4.69) is 37.2 Å². The average molecular weight is 398 g/mol. The molecule has 0 saturated carbocycles. The number of nitrogens with one attached hydrogen (secondary N) is 1. The number of carbonyl (C=O) groups excluding carboxylic acids is 1. The summed E-state index contributed by atoms with van der Waals surface area (Å²) < 4.78 is 1.77. The average Bonchev–Trinajstić information content (AvgIpc) is 2.43. The number of rotatable bonds is 4. The van der Waals surface area contributed by atoms with Gasteiger partial charge in [0.25, 0.3) is 0 Å². The summed E-state index contributed by atoms with van der Waals surface area (Å²) in [5.41, 5.74) is 7.72. The molecule has 104 valence electrons. The summed E-state index contributed by atoms with van der Waals surface area (Å²) in [6.45, 7) is 0. The summed E-state index contributed by atoms with van der Waals surface area (Å²) in [6.07, 6.45) is 0.243. The Morgan fingerprint density at radius 2 is 1.85 bits per heavy atom. The van der Waals surface area contributed by atoms with E-state index in [4.69, 9.17) is 5.73 Å². The topological polar surface area (TPSA) is 55.1 Å². The van der Waals surface area contributed by atoms with Crippen LogP contribution in [0, 0.1) is 0 Å². The number of halogens is 2. The lowest BCUT2D eigenvalue weighted by atomic mass is 10.0. The van der Waals surface area contributed by atoms with Crippen LogP contribution in [0.4, 0.5) is 5.69 Å². The van der Waals surface area contributed by atoms with Crippen molar-refractivity contribution in [3.05, 3.63) is 63.0 Å². The Kier molecular flexibility index (Phi) is 5.34. The van der Waals surface area contributed by atoms with Crippen LogP contribution in [0.3, 0.4) is 0 Å². The van der Waals surface area contributed by atoms with Gasteiger partial charge >= 0.3 is 0 Å². The van der Waals surface area contributed by atoms with Crippen LogP contribution in [0.2, 0.25) is 0 Å². The van der Waals surface area contributed by atoms with E-state index in [-0.39, 0.29) is 18.4 Å². The third-order valence-corrected chi connectivity index (χ3v) is 3.99. The van der Waals surface area contributed by atoms with Crippen molar-refractivity contribution >= 4 is 43.5 Å². The summed E-state index contributed by atoms with van der Waals surface area (Å²) in [4.78, 5) is 12.0. The molecule has 0 bridgehead atoms. The Morgan fingerprint density at radius 1 is 1.15 bits per heavy atom. The lowest BCUT2D eigenvalue weighted by molar-refractivity contribution is -0.116. The number of nitrogens with two attached hydrogens (primary N) is 1. The first-order valence-corrected chi connectivity index (χ1v) is 7.70. The molecule has 1 amide bonds. The molecule has 0 heterocycles. The van der Waals surface area contributed by atoms with Crippen LogP contribution in [0.5, 0.6) is 0 Å². The van der Waals surface area contributed by atoms with Crippen molar-refractivity contribution in [3.63, 3.8) is 0 Å². The van der Waals surface area contributed by atoms with E-state index in [1.54, 1.807) is 0 Å². The Morgan fingerprint density at radius 3 is 2.50 bits per heavy atom. The maximum absolute atomic E-state index is 12.0. The van der Waals surface area contributed by atoms with Gasteiger partial charge in [0.05, 0.1) is 5.69 Å². The third kappa shape index (κ3) is 4.16. The fourth-order valence-corrected chi connectivity index (χ4v) is 2.96. The minimum atomic E-state index is -0.301. The molecule has 1 atom stereocenters. The van der Waals surface area contributed by atoms with E-state index in [9.17, 15) is 4.79 Å². The Hall–Kier alpha value is -1.17. The van der Waals surface area contributed by atoms with Crippen molar-refractivity contribution in [2.45, 2.75) is 12.5 Å². The standard InChI is InChI=1S/C15H14Br2N2O/c16-11-6-7-14(12(17)8-11)19-15(20)9-13(18)10-4-2-1-3-5-10/h1-8,13H,9,18H2,(H,19,20).